The fraction of sp³-hybridized carbons (Fsp3) is 0.722. The summed E-state index contributed by atoms with van der Waals surface area (Å²) < 4.78 is 0. The van der Waals surface area contributed by atoms with Crippen molar-refractivity contribution in [1.82, 2.24) is 16.0 Å². The van der Waals surface area contributed by atoms with E-state index in [1.165, 1.54) is 11.8 Å². The predicted octanol–water partition coefficient (Wildman–Crippen LogP) is -1.88. The fourth-order valence-corrected chi connectivity index (χ4v) is 2.96. The van der Waals surface area contributed by atoms with Gasteiger partial charge in [-0.25, -0.2) is 4.79 Å². The third kappa shape index (κ3) is 11.5. The summed E-state index contributed by atoms with van der Waals surface area (Å²) in [5.74, 6) is -4.82. The zero-order chi connectivity index (χ0) is 24.1. The molecule has 0 radical (unpaired) electrons. The summed E-state index contributed by atoms with van der Waals surface area (Å²) in [6, 6.07) is -5.14. The molecule has 4 atom stereocenters. The number of rotatable bonds is 15. The van der Waals surface area contributed by atoms with Gasteiger partial charge in [-0.05, 0) is 30.8 Å². The lowest BCUT2D eigenvalue weighted by molar-refractivity contribution is -0.147. The SMILES string of the molecule is CSCCC(N)C(=O)NC(CO)C(=O)NC(CC(C)C)C(=O)NC(CC(=O)O)C(=O)O. The quantitative estimate of drug-likeness (QED) is 0.143. The van der Waals surface area contributed by atoms with Crippen LogP contribution in [0.1, 0.15) is 33.1 Å². The summed E-state index contributed by atoms with van der Waals surface area (Å²) in [6.07, 6.45) is 1.48. The molecule has 178 valence electrons. The Morgan fingerprint density at radius 3 is 1.87 bits per heavy atom. The molecular weight excluding hydrogens is 432 g/mol. The van der Waals surface area contributed by atoms with E-state index in [9.17, 15) is 29.1 Å². The van der Waals surface area contributed by atoms with Crippen LogP contribution in [0.4, 0.5) is 0 Å². The van der Waals surface area contributed by atoms with E-state index in [-0.39, 0.29) is 12.3 Å². The molecule has 0 aromatic rings. The van der Waals surface area contributed by atoms with E-state index in [2.05, 4.69) is 16.0 Å². The van der Waals surface area contributed by atoms with E-state index in [1.807, 2.05) is 6.26 Å². The minimum Gasteiger partial charge on any atom is -0.481 e. The van der Waals surface area contributed by atoms with Gasteiger partial charge in [0.25, 0.3) is 0 Å². The van der Waals surface area contributed by atoms with E-state index in [0.717, 1.165) is 0 Å². The molecule has 13 heteroatoms. The lowest BCUT2D eigenvalue weighted by Crippen LogP contribution is -2.58. The topological polar surface area (TPSA) is 208 Å². The van der Waals surface area contributed by atoms with E-state index < -0.39 is 66.9 Å². The average molecular weight is 465 g/mol. The standard InChI is InChI=1S/C18H32N4O8S/c1-9(2)6-11(16(27)21-12(18(29)30)7-14(24)25)20-17(28)13(8-23)22-15(26)10(19)4-5-31-3/h9-13,23H,4-8,19H2,1-3H3,(H,20,28)(H,21,27)(H,22,26)(H,24,25)(H,29,30). The van der Waals surface area contributed by atoms with Gasteiger partial charge in [0.05, 0.1) is 19.1 Å². The molecule has 0 rings (SSSR count). The van der Waals surface area contributed by atoms with Crippen molar-refractivity contribution in [2.75, 3.05) is 18.6 Å². The number of amides is 3. The van der Waals surface area contributed by atoms with Gasteiger partial charge in [-0.2, -0.15) is 11.8 Å². The van der Waals surface area contributed by atoms with Crippen LogP contribution in [0.5, 0.6) is 0 Å². The Bertz CT molecular complexity index is 646. The first kappa shape index (κ1) is 28.6. The van der Waals surface area contributed by atoms with Crippen molar-refractivity contribution in [3.63, 3.8) is 0 Å². The zero-order valence-electron chi connectivity index (χ0n) is 17.8. The average Bonchev–Trinajstić information content (AvgIpc) is 2.67. The lowest BCUT2D eigenvalue weighted by Gasteiger charge is -2.25. The van der Waals surface area contributed by atoms with Gasteiger partial charge in [-0.3, -0.25) is 19.2 Å². The first-order valence-electron chi connectivity index (χ1n) is 9.63. The van der Waals surface area contributed by atoms with Gasteiger partial charge in [0.2, 0.25) is 17.7 Å². The second-order valence-electron chi connectivity index (χ2n) is 7.32. The molecule has 0 aromatic heterocycles. The number of carboxylic acids is 2. The fourth-order valence-electron chi connectivity index (χ4n) is 2.47. The molecular formula is C18H32N4O8S. The van der Waals surface area contributed by atoms with Gasteiger partial charge in [-0.1, -0.05) is 13.8 Å². The minimum atomic E-state index is -1.68. The van der Waals surface area contributed by atoms with E-state index in [1.54, 1.807) is 13.8 Å². The smallest absolute Gasteiger partial charge is 0.326 e. The van der Waals surface area contributed by atoms with Crippen LogP contribution in [0.25, 0.3) is 0 Å². The largest absolute Gasteiger partial charge is 0.481 e. The maximum absolute atomic E-state index is 12.5. The number of thioether (sulfide) groups is 1. The third-order valence-electron chi connectivity index (χ3n) is 4.12. The molecule has 0 aliphatic rings. The number of carbonyl (C=O) groups is 5. The molecule has 0 saturated heterocycles. The van der Waals surface area contributed by atoms with Crippen molar-refractivity contribution in [3.8, 4) is 0 Å². The monoisotopic (exact) mass is 464 g/mol. The molecule has 0 aliphatic heterocycles. The molecule has 4 unspecified atom stereocenters. The maximum Gasteiger partial charge on any atom is 0.326 e. The molecule has 12 nitrogen and oxygen atoms in total. The number of aliphatic hydroxyl groups is 1. The molecule has 31 heavy (non-hydrogen) atoms. The van der Waals surface area contributed by atoms with E-state index in [0.29, 0.717) is 12.2 Å². The Labute approximate surface area is 184 Å². The van der Waals surface area contributed by atoms with Crippen LogP contribution in [0, 0.1) is 5.92 Å². The van der Waals surface area contributed by atoms with Crippen LogP contribution >= 0.6 is 11.8 Å². The maximum atomic E-state index is 12.5. The molecule has 8 N–H and O–H groups in total. The molecule has 0 saturated carbocycles. The first-order valence-corrected chi connectivity index (χ1v) is 11.0. The number of nitrogens with one attached hydrogen (secondary N) is 3. The highest BCUT2D eigenvalue weighted by molar-refractivity contribution is 7.98. The zero-order valence-corrected chi connectivity index (χ0v) is 18.6. The first-order chi connectivity index (χ1) is 14.4. The Balaban J connectivity index is 5.23. The van der Waals surface area contributed by atoms with Crippen LogP contribution in [-0.2, 0) is 24.0 Å². The summed E-state index contributed by atoms with van der Waals surface area (Å²) in [4.78, 5) is 59.1. The van der Waals surface area contributed by atoms with Gasteiger partial charge >= 0.3 is 11.9 Å². The number of hydrogen-bond donors (Lipinski definition) is 7. The van der Waals surface area contributed by atoms with Gasteiger partial charge in [-0.15, -0.1) is 0 Å². The van der Waals surface area contributed by atoms with Crippen LogP contribution in [-0.4, -0.2) is 87.8 Å². The second kappa shape index (κ2) is 14.6. The second-order valence-corrected chi connectivity index (χ2v) is 8.31. The highest BCUT2D eigenvalue weighted by Crippen LogP contribution is 2.07. The number of aliphatic carboxylic acids is 2. The van der Waals surface area contributed by atoms with Crippen LogP contribution in [0.3, 0.4) is 0 Å². The van der Waals surface area contributed by atoms with Crippen LogP contribution in [0.2, 0.25) is 0 Å². The number of carboxylic acid groups (broad SMARTS) is 2. The summed E-state index contributed by atoms with van der Waals surface area (Å²) in [7, 11) is 0. The van der Waals surface area contributed by atoms with Crippen LogP contribution < -0.4 is 21.7 Å². The van der Waals surface area contributed by atoms with Gasteiger partial charge in [0, 0.05) is 0 Å². The minimum absolute atomic E-state index is 0.0964. The van der Waals surface area contributed by atoms with E-state index in [4.69, 9.17) is 15.9 Å². The Hall–Kier alpha value is -2.38. The predicted molar refractivity (Wildman–Crippen MR) is 113 cm³/mol. The normalized spacial score (nSPS) is 14.8. The molecule has 0 heterocycles. The van der Waals surface area contributed by atoms with Gasteiger partial charge in [0.15, 0.2) is 0 Å². The van der Waals surface area contributed by atoms with Crippen molar-refractivity contribution in [2.45, 2.75) is 57.3 Å². The Morgan fingerprint density at radius 1 is 0.903 bits per heavy atom. The number of hydrogen-bond acceptors (Lipinski definition) is 8. The Kier molecular flexibility index (Phi) is 13.5. The number of nitrogens with two attached hydrogens (primary N) is 1. The third-order valence-corrected chi connectivity index (χ3v) is 4.76. The molecule has 0 aliphatic carbocycles. The molecule has 0 spiro atoms. The summed E-state index contributed by atoms with van der Waals surface area (Å²) >= 11 is 1.49. The molecule has 0 bridgehead atoms. The molecule has 3 amide bonds. The number of carbonyl (C=O) groups excluding carboxylic acids is 3. The molecule has 0 aromatic carbocycles. The van der Waals surface area contributed by atoms with Crippen molar-refractivity contribution < 1.29 is 39.3 Å². The number of aliphatic hydroxyl groups excluding tert-OH is 1. The lowest BCUT2D eigenvalue weighted by atomic mass is 10.0. The summed E-state index contributed by atoms with van der Waals surface area (Å²) in [5.41, 5.74) is 5.74. The van der Waals surface area contributed by atoms with Crippen molar-refractivity contribution in [2.24, 2.45) is 11.7 Å². The van der Waals surface area contributed by atoms with Crippen molar-refractivity contribution in [1.29, 1.82) is 0 Å². The van der Waals surface area contributed by atoms with Crippen LogP contribution in [0.15, 0.2) is 0 Å². The highest BCUT2D eigenvalue weighted by atomic mass is 32.2. The Morgan fingerprint density at radius 2 is 1.42 bits per heavy atom. The van der Waals surface area contributed by atoms with E-state index >= 15 is 0 Å². The highest BCUT2D eigenvalue weighted by Gasteiger charge is 2.31. The molecule has 0 fully saturated rings. The van der Waals surface area contributed by atoms with Crippen molar-refractivity contribution >= 4 is 41.4 Å². The van der Waals surface area contributed by atoms with Gasteiger partial charge in [0.1, 0.15) is 18.1 Å². The summed E-state index contributed by atoms with van der Waals surface area (Å²) in [5, 5.41) is 34.2. The van der Waals surface area contributed by atoms with Gasteiger partial charge < -0.3 is 37.0 Å². The summed E-state index contributed by atoms with van der Waals surface area (Å²) in [6.45, 7) is 2.77. The van der Waals surface area contributed by atoms with Crippen molar-refractivity contribution in [3.05, 3.63) is 0 Å².